The van der Waals surface area contributed by atoms with Crippen molar-refractivity contribution in [2.45, 2.75) is 37.8 Å². The number of ether oxygens (including phenoxy) is 1. The van der Waals surface area contributed by atoms with E-state index in [1.165, 1.54) is 0 Å². The van der Waals surface area contributed by atoms with Crippen molar-refractivity contribution in [2.24, 2.45) is 5.73 Å². The fraction of sp³-hybridized carbons (Fsp3) is 0.500. The van der Waals surface area contributed by atoms with E-state index in [1.807, 2.05) is 12.1 Å². The molecule has 2 rings (SSSR count). The second kappa shape index (κ2) is 8.47. The molecule has 1 amide bonds. The molecule has 0 spiro atoms. The lowest BCUT2D eigenvalue weighted by Gasteiger charge is -2.25. The highest BCUT2D eigenvalue weighted by Gasteiger charge is 2.19. The number of hydrogen-bond acceptors (Lipinski definition) is 3. The van der Waals surface area contributed by atoms with E-state index in [1.54, 1.807) is 12.1 Å². The Labute approximate surface area is 130 Å². The summed E-state index contributed by atoms with van der Waals surface area (Å²) in [4.78, 5) is 11.8. The number of benzene rings is 1. The first-order valence-electron chi connectivity index (χ1n) is 6.56. The second-order valence-corrected chi connectivity index (χ2v) is 5.28. The summed E-state index contributed by atoms with van der Waals surface area (Å²) >= 11 is 5.96. The minimum Gasteiger partial charge on any atom is -0.368 e. The molecular weight excluding hydrogens is 299 g/mol. The van der Waals surface area contributed by atoms with Crippen LogP contribution in [0.3, 0.4) is 0 Å². The molecule has 1 aromatic rings. The third-order valence-electron chi connectivity index (χ3n) is 3.32. The quantitative estimate of drug-likeness (QED) is 0.897. The van der Waals surface area contributed by atoms with Gasteiger partial charge in [-0.15, -0.1) is 12.4 Å². The van der Waals surface area contributed by atoms with Crippen LogP contribution in [-0.4, -0.2) is 24.7 Å². The first-order valence-corrected chi connectivity index (χ1v) is 6.94. The summed E-state index contributed by atoms with van der Waals surface area (Å²) in [6.07, 6.45) is 3.95. The Morgan fingerprint density at radius 3 is 2.60 bits per heavy atom. The van der Waals surface area contributed by atoms with Crippen LogP contribution >= 0.6 is 24.0 Å². The van der Waals surface area contributed by atoms with Gasteiger partial charge in [0, 0.05) is 6.04 Å². The molecular formula is C14H20Cl2N2O2. The van der Waals surface area contributed by atoms with Crippen LogP contribution in [0.4, 0.5) is 5.69 Å². The molecule has 4 nitrogen and oxygen atoms in total. The van der Waals surface area contributed by atoms with Crippen LogP contribution in [0.2, 0.25) is 5.02 Å². The van der Waals surface area contributed by atoms with Crippen molar-refractivity contribution in [1.82, 2.24) is 0 Å². The van der Waals surface area contributed by atoms with Crippen molar-refractivity contribution in [3.05, 3.63) is 29.3 Å². The van der Waals surface area contributed by atoms with E-state index in [0.29, 0.717) is 10.7 Å². The fourth-order valence-corrected chi connectivity index (χ4v) is 2.38. The van der Waals surface area contributed by atoms with E-state index in [2.05, 4.69) is 5.32 Å². The summed E-state index contributed by atoms with van der Waals surface area (Å²) < 4.78 is 5.59. The van der Waals surface area contributed by atoms with Crippen molar-refractivity contribution in [2.75, 3.05) is 11.9 Å². The number of hydrogen-bond donors (Lipinski definition) is 2. The molecule has 0 radical (unpaired) electrons. The first kappa shape index (κ1) is 17.2. The van der Waals surface area contributed by atoms with Gasteiger partial charge in [0.25, 0.3) is 0 Å². The maximum Gasteiger partial charge on any atom is 0.250 e. The van der Waals surface area contributed by atoms with Crippen molar-refractivity contribution >= 4 is 35.6 Å². The lowest BCUT2D eigenvalue weighted by molar-refractivity contribution is -0.123. The molecule has 20 heavy (non-hydrogen) atoms. The number of nitrogens with two attached hydrogens (primary N) is 1. The summed E-state index contributed by atoms with van der Waals surface area (Å²) in [5.41, 5.74) is 6.44. The van der Waals surface area contributed by atoms with Gasteiger partial charge in [0.15, 0.2) is 0 Å². The Hall–Kier alpha value is -0.810. The van der Waals surface area contributed by atoms with Gasteiger partial charge in [-0.1, -0.05) is 23.7 Å². The van der Waals surface area contributed by atoms with Gasteiger partial charge in [0.2, 0.25) is 5.91 Å². The standard InChI is InChI=1S/C14H19ClN2O2.ClH/c15-12-3-1-2-4-13(12)17-14(18)9-19-11-7-5-10(16)6-8-11;/h1-4,10-11H,5-9,16H2,(H,17,18);1H. The van der Waals surface area contributed by atoms with E-state index in [4.69, 9.17) is 22.1 Å². The number of carbonyl (C=O) groups excluding carboxylic acids is 1. The molecule has 3 N–H and O–H groups in total. The minimum atomic E-state index is -0.178. The number of halogens is 2. The Balaban J connectivity index is 0.00000200. The molecule has 1 aromatic carbocycles. The van der Waals surface area contributed by atoms with E-state index in [-0.39, 0.29) is 37.1 Å². The number of amides is 1. The molecule has 0 saturated heterocycles. The number of para-hydroxylation sites is 1. The molecule has 0 bridgehead atoms. The van der Waals surface area contributed by atoms with Gasteiger partial charge in [-0.2, -0.15) is 0 Å². The maximum atomic E-state index is 11.8. The van der Waals surface area contributed by atoms with Crippen LogP contribution in [0, 0.1) is 0 Å². The van der Waals surface area contributed by atoms with Crippen LogP contribution in [0.5, 0.6) is 0 Å². The number of anilines is 1. The molecule has 0 atom stereocenters. The van der Waals surface area contributed by atoms with Crippen LogP contribution in [0.15, 0.2) is 24.3 Å². The fourth-order valence-electron chi connectivity index (χ4n) is 2.20. The molecule has 1 aliphatic carbocycles. The lowest BCUT2D eigenvalue weighted by Crippen LogP contribution is -2.32. The first-order chi connectivity index (χ1) is 9.15. The molecule has 1 saturated carbocycles. The minimum absolute atomic E-state index is 0. The molecule has 0 unspecified atom stereocenters. The zero-order valence-corrected chi connectivity index (χ0v) is 12.8. The molecule has 0 aliphatic heterocycles. The van der Waals surface area contributed by atoms with E-state index < -0.39 is 0 Å². The van der Waals surface area contributed by atoms with Crippen LogP contribution in [0.25, 0.3) is 0 Å². The normalized spacial score (nSPS) is 21.9. The van der Waals surface area contributed by atoms with Gasteiger partial charge in [0.1, 0.15) is 6.61 Å². The summed E-state index contributed by atoms with van der Waals surface area (Å²) in [5.74, 6) is -0.178. The SMILES string of the molecule is Cl.NC1CCC(OCC(=O)Nc2ccccc2Cl)CC1. The molecule has 1 fully saturated rings. The molecule has 6 heteroatoms. The van der Waals surface area contributed by atoms with E-state index in [0.717, 1.165) is 25.7 Å². The highest BCUT2D eigenvalue weighted by atomic mass is 35.5. The third-order valence-corrected chi connectivity index (χ3v) is 3.65. The van der Waals surface area contributed by atoms with Gasteiger partial charge in [-0.3, -0.25) is 4.79 Å². The lowest BCUT2D eigenvalue weighted by atomic mass is 9.94. The predicted octanol–water partition coefficient (Wildman–Crippen LogP) is 2.99. The van der Waals surface area contributed by atoms with E-state index in [9.17, 15) is 4.79 Å². The van der Waals surface area contributed by atoms with Crippen molar-refractivity contribution in [3.63, 3.8) is 0 Å². The van der Waals surface area contributed by atoms with Crippen molar-refractivity contribution < 1.29 is 9.53 Å². The number of rotatable bonds is 4. The average Bonchev–Trinajstić information content (AvgIpc) is 2.41. The van der Waals surface area contributed by atoms with Gasteiger partial charge in [-0.05, 0) is 37.8 Å². The molecule has 0 aromatic heterocycles. The summed E-state index contributed by atoms with van der Waals surface area (Å²) in [6.45, 7) is 0.0606. The van der Waals surface area contributed by atoms with Crippen molar-refractivity contribution in [3.8, 4) is 0 Å². The number of nitrogens with one attached hydrogen (secondary N) is 1. The maximum absolute atomic E-state index is 11.8. The molecule has 1 aliphatic rings. The van der Waals surface area contributed by atoms with Crippen LogP contribution < -0.4 is 11.1 Å². The zero-order chi connectivity index (χ0) is 13.7. The highest BCUT2D eigenvalue weighted by molar-refractivity contribution is 6.33. The highest BCUT2D eigenvalue weighted by Crippen LogP contribution is 2.21. The van der Waals surface area contributed by atoms with Crippen LogP contribution in [0.1, 0.15) is 25.7 Å². The van der Waals surface area contributed by atoms with Gasteiger partial charge in [-0.25, -0.2) is 0 Å². The zero-order valence-electron chi connectivity index (χ0n) is 11.2. The Morgan fingerprint density at radius 2 is 1.95 bits per heavy atom. The smallest absolute Gasteiger partial charge is 0.250 e. The van der Waals surface area contributed by atoms with Gasteiger partial charge in [0.05, 0.1) is 16.8 Å². The Bertz CT molecular complexity index is 435. The Kier molecular flexibility index (Phi) is 7.30. The summed E-state index contributed by atoms with van der Waals surface area (Å²) in [6, 6.07) is 7.43. The van der Waals surface area contributed by atoms with Crippen molar-refractivity contribution in [1.29, 1.82) is 0 Å². The predicted molar refractivity (Wildman–Crippen MR) is 83.5 cm³/mol. The topological polar surface area (TPSA) is 64.3 Å². The van der Waals surface area contributed by atoms with Crippen LogP contribution in [-0.2, 0) is 9.53 Å². The third kappa shape index (κ3) is 5.29. The molecule has 0 heterocycles. The molecule has 112 valence electrons. The largest absolute Gasteiger partial charge is 0.368 e. The Morgan fingerprint density at radius 1 is 1.30 bits per heavy atom. The van der Waals surface area contributed by atoms with Gasteiger partial charge < -0.3 is 15.8 Å². The average molecular weight is 319 g/mol. The monoisotopic (exact) mass is 318 g/mol. The second-order valence-electron chi connectivity index (χ2n) is 4.88. The number of carbonyl (C=O) groups is 1. The summed E-state index contributed by atoms with van der Waals surface area (Å²) in [5, 5.41) is 3.27. The van der Waals surface area contributed by atoms with E-state index >= 15 is 0 Å². The van der Waals surface area contributed by atoms with Gasteiger partial charge >= 0.3 is 0 Å². The summed E-state index contributed by atoms with van der Waals surface area (Å²) in [7, 11) is 0.